The zero-order valence-corrected chi connectivity index (χ0v) is 11.6. The van der Waals surface area contributed by atoms with Gasteiger partial charge >= 0.3 is 0 Å². The van der Waals surface area contributed by atoms with Crippen molar-refractivity contribution >= 4 is 44.2 Å². The van der Waals surface area contributed by atoms with Crippen LogP contribution in [0.25, 0.3) is 11.0 Å². The van der Waals surface area contributed by atoms with Crippen LogP contribution in [0.2, 0.25) is 0 Å². The number of anilines is 1. The van der Waals surface area contributed by atoms with Crippen molar-refractivity contribution in [2.75, 3.05) is 5.32 Å². The van der Waals surface area contributed by atoms with Crippen molar-refractivity contribution < 1.29 is 4.39 Å². The Morgan fingerprint density at radius 3 is 3.06 bits per heavy atom. The number of hydrogen-bond donors (Lipinski definition) is 2. The average Bonchev–Trinajstić information content (AvgIpc) is 2.92. The minimum Gasteiger partial charge on any atom is -0.351 e. The number of benzene rings is 1. The zero-order valence-electron chi connectivity index (χ0n) is 9.21. The second-order valence-corrected chi connectivity index (χ2v) is 5.65. The number of rotatable bonds is 3. The molecule has 0 aliphatic heterocycles. The van der Waals surface area contributed by atoms with Crippen LogP contribution in [0.5, 0.6) is 0 Å². The summed E-state index contributed by atoms with van der Waals surface area (Å²) in [5.74, 6) is 0.384. The smallest absolute Gasteiger partial charge is 0.201 e. The zero-order chi connectivity index (χ0) is 12.5. The molecule has 0 atom stereocenters. The van der Waals surface area contributed by atoms with Gasteiger partial charge in [0.05, 0.1) is 17.6 Å². The molecule has 3 rings (SSSR count). The number of imidazole rings is 1. The van der Waals surface area contributed by atoms with E-state index in [0.717, 1.165) is 9.99 Å². The van der Waals surface area contributed by atoms with E-state index in [9.17, 15) is 4.39 Å². The van der Waals surface area contributed by atoms with E-state index in [2.05, 4.69) is 31.2 Å². The van der Waals surface area contributed by atoms with Crippen molar-refractivity contribution in [2.24, 2.45) is 0 Å². The van der Waals surface area contributed by atoms with Gasteiger partial charge < -0.3 is 10.3 Å². The molecule has 0 bridgehead atoms. The maximum atomic E-state index is 13.0. The second kappa shape index (κ2) is 4.70. The van der Waals surface area contributed by atoms with Gasteiger partial charge in [0.15, 0.2) is 0 Å². The summed E-state index contributed by atoms with van der Waals surface area (Å²) in [5, 5.41) is 5.21. The molecular formula is C12H9BrFN3S. The Morgan fingerprint density at radius 1 is 1.39 bits per heavy atom. The third kappa shape index (κ3) is 2.26. The van der Waals surface area contributed by atoms with E-state index in [1.165, 1.54) is 17.0 Å². The summed E-state index contributed by atoms with van der Waals surface area (Å²) >= 11 is 5.14. The highest BCUT2D eigenvalue weighted by atomic mass is 79.9. The topological polar surface area (TPSA) is 40.7 Å². The fourth-order valence-electron chi connectivity index (χ4n) is 1.68. The summed E-state index contributed by atoms with van der Waals surface area (Å²) in [4.78, 5) is 8.58. The van der Waals surface area contributed by atoms with E-state index in [1.807, 2.05) is 11.4 Å². The monoisotopic (exact) mass is 325 g/mol. The number of fused-ring (bicyclic) bond motifs is 1. The Hall–Kier alpha value is -1.40. The number of thiophene rings is 1. The summed E-state index contributed by atoms with van der Waals surface area (Å²) in [6, 6.07) is 6.51. The Labute approximate surface area is 115 Å². The first kappa shape index (κ1) is 11.7. The summed E-state index contributed by atoms with van der Waals surface area (Å²) in [7, 11) is 0. The predicted molar refractivity (Wildman–Crippen MR) is 75.4 cm³/mol. The molecule has 6 heteroatoms. The van der Waals surface area contributed by atoms with Crippen LogP contribution in [0.4, 0.5) is 10.3 Å². The molecule has 3 aromatic rings. The van der Waals surface area contributed by atoms with Crippen molar-refractivity contribution in [3.63, 3.8) is 0 Å². The van der Waals surface area contributed by atoms with E-state index < -0.39 is 0 Å². The van der Waals surface area contributed by atoms with Gasteiger partial charge in [-0.1, -0.05) is 0 Å². The molecule has 0 saturated carbocycles. The van der Waals surface area contributed by atoms with Gasteiger partial charge in [0.25, 0.3) is 0 Å². The second-order valence-electron chi connectivity index (χ2n) is 3.79. The van der Waals surface area contributed by atoms with Crippen LogP contribution in [0.1, 0.15) is 4.88 Å². The van der Waals surface area contributed by atoms with Crippen LogP contribution in [0.15, 0.2) is 34.1 Å². The quantitative estimate of drug-likeness (QED) is 0.759. The lowest BCUT2D eigenvalue weighted by atomic mass is 10.3. The van der Waals surface area contributed by atoms with Gasteiger partial charge in [0.2, 0.25) is 5.95 Å². The maximum absolute atomic E-state index is 13.0. The molecule has 1 aromatic carbocycles. The molecule has 0 aliphatic rings. The van der Waals surface area contributed by atoms with Crippen LogP contribution in [0.3, 0.4) is 0 Å². The molecule has 0 unspecified atom stereocenters. The van der Waals surface area contributed by atoms with Gasteiger partial charge in [-0.15, -0.1) is 11.3 Å². The SMILES string of the molecule is Fc1ccc2nc(NCc3sccc3Br)[nH]c2c1. The Bertz CT molecular complexity index is 692. The predicted octanol–water partition coefficient (Wildman–Crippen LogP) is 4.14. The molecule has 3 nitrogen and oxygen atoms in total. The van der Waals surface area contributed by atoms with Gasteiger partial charge in [-0.3, -0.25) is 0 Å². The lowest BCUT2D eigenvalue weighted by Crippen LogP contribution is -1.99. The largest absolute Gasteiger partial charge is 0.351 e. The fraction of sp³-hybridized carbons (Fsp3) is 0.0833. The van der Waals surface area contributed by atoms with E-state index in [0.29, 0.717) is 18.0 Å². The summed E-state index contributed by atoms with van der Waals surface area (Å²) in [6.45, 7) is 0.681. The van der Waals surface area contributed by atoms with Crippen molar-refractivity contribution in [1.82, 2.24) is 9.97 Å². The van der Waals surface area contributed by atoms with Crippen molar-refractivity contribution in [3.05, 3.63) is 44.8 Å². The van der Waals surface area contributed by atoms with Crippen molar-refractivity contribution in [2.45, 2.75) is 6.54 Å². The van der Waals surface area contributed by atoms with Crippen molar-refractivity contribution in [3.8, 4) is 0 Å². The number of nitrogens with zero attached hydrogens (tertiary/aromatic N) is 1. The highest BCUT2D eigenvalue weighted by molar-refractivity contribution is 9.10. The minimum atomic E-state index is -0.265. The Kier molecular flexibility index (Phi) is 3.05. The number of nitrogens with one attached hydrogen (secondary N) is 2. The number of halogens is 2. The molecule has 0 spiro atoms. The summed E-state index contributed by atoms with van der Waals surface area (Å²) in [6.07, 6.45) is 0. The normalized spacial score (nSPS) is 11.0. The molecule has 0 amide bonds. The molecule has 92 valence electrons. The molecule has 0 radical (unpaired) electrons. The lowest BCUT2D eigenvalue weighted by Gasteiger charge is -2.00. The number of hydrogen-bond acceptors (Lipinski definition) is 3. The molecule has 18 heavy (non-hydrogen) atoms. The van der Waals surface area contributed by atoms with Crippen LogP contribution in [-0.2, 0) is 6.54 Å². The van der Waals surface area contributed by atoms with Crippen LogP contribution in [0, 0.1) is 5.82 Å². The third-order valence-corrected chi connectivity index (χ3v) is 4.48. The first-order valence-electron chi connectivity index (χ1n) is 5.33. The molecule has 0 fully saturated rings. The van der Waals surface area contributed by atoms with E-state index in [4.69, 9.17) is 0 Å². The van der Waals surface area contributed by atoms with Crippen molar-refractivity contribution in [1.29, 1.82) is 0 Å². The van der Waals surface area contributed by atoms with Gasteiger partial charge in [-0.2, -0.15) is 0 Å². The summed E-state index contributed by atoms with van der Waals surface area (Å²) in [5.41, 5.74) is 1.45. The van der Waals surface area contributed by atoms with Gasteiger partial charge in [-0.05, 0) is 45.6 Å². The molecule has 0 aliphatic carbocycles. The molecule has 2 heterocycles. The van der Waals surface area contributed by atoms with E-state index >= 15 is 0 Å². The van der Waals surface area contributed by atoms with Gasteiger partial charge in [0.1, 0.15) is 5.82 Å². The number of aromatic amines is 1. The van der Waals surface area contributed by atoms with Gasteiger partial charge in [-0.25, -0.2) is 9.37 Å². The summed E-state index contributed by atoms with van der Waals surface area (Å²) < 4.78 is 14.1. The molecule has 2 N–H and O–H groups in total. The fourth-order valence-corrected chi connectivity index (χ4v) is 3.11. The Morgan fingerprint density at radius 2 is 2.28 bits per heavy atom. The van der Waals surface area contributed by atoms with Crippen LogP contribution >= 0.6 is 27.3 Å². The number of H-pyrrole nitrogens is 1. The first-order chi connectivity index (χ1) is 8.72. The van der Waals surface area contributed by atoms with Crippen LogP contribution < -0.4 is 5.32 Å². The third-order valence-electron chi connectivity index (χ3n) is 2.55. The van der Waals surface area contributed by atoms with E-state index in [-0.39, 0.29) is 5.82 Å². The molecule has 2 aromatic heterocycles. The highest BCUT2D eigenvalue weighted by Gasteiger charge is 2.05. The first-order valence-corrected chi connectivity index (χ1v) is 7.00. The Balaban J connectivity index is 1.81. The van der Waals surface area contributed by atoms with Gasteiger partial charge in [0, 0.05) is 9.35 Å². The highest BCUT2D eigenvalue weighted by Crippen LogP contribution is 2.23. The minimum absolute atomic E-state index is 0.265. The van der Waals surface area contributed by atoms with Crippen LogP contribution in [-0.4, -0.2) is 9.97 Å². The number of aromatic nitrogens is 2. The maximum Gasteiger partial charge on any atom is 0.201 e. The molecular weight excluding hydrogens is 317 g/mol. The van der Waals surface area contributed by atoms with E-state index in [1.54, 1.807) is 17.4 Å². The molecule has 0 saturated heterocycles. The lowest BCUT2D eigenvalue weighted by molar-refractivity contribution is 0.629. The average molecular weight is 326 g/mol. The standard InChI is InChI=1S/C12H9BrFN3S/c13-8-3-4-18-11(8)6-15-12-16-9-2-1-7(14)5-10(9)17-12/h1-5H,6H2,(H2,15,16,17).